The van der Waals surface area contributed by atoms with Crippen molar-refractivity contribution < 1.29 is 0 Å². The van der Waals surface area contributed by atoms with E-state index in [9.17, 15) is 0 Å². The number of hydrogen-bond donors (Lipinski definition) is 2. The van der Waals surface area contributed by atoms with E-state index in [0.717, 1.165) is 32.6 Å². The van der Waals surface area contributed by atoms with E-state index < -0.39 is 0 Å². The van der Waals surface area contributed by atoms with Gasteiger partial charge in [0.1, 0.15) is 0 Å². The Labute approximate surface area is 84.0 Å². The van der Waals surface area contributed by atoms with Crippen LogP contribution in [0.5, 0.6) is 0 Å². The minimum Gasteiger partial charge on any atom is -0.375 e. The molecule has 1 aliphatic rings. The summed E-state index contributed by atoms with van der Waals surface area (Å²) in [5, 5.41) is 2.93. The van der Waals surface area contributed by atoms with E-state index in [1.807, 2.05) is 10.8 Å². The van der Waals surface area contributed by atoms with Gasteiger partial charge < -0.3 is 15.6 Å². The second-order valence-electron chi connectivity index (χ2n) is 2.93. The molecule has 0 radical (unpaired) electrons. The molecule has 1 aromatic rings. The van der Waals surface area contributed by atoms with Crippen LogP contribution in [-0.4, -0.2) is 35.5 Å². The van der Waals surface area contributed by atoms with Gasteiger partial charge in [0.05, 0.1) is 19.2 Å². The van der Waals surface area contributed by atoms with Crippen molar-refractivity contribution in [2.45, 2.75) is 13.0 Å². The first-order valence-electron chi connectivity index (χ1n) is 4.81. The van der Waals surface area contributed by atoms with Crippen molar-refractivity contribution in [1.29, 1.82) is 0 Å². The zero-order chi connectivity index (χ0) is 10.1. The number of rotatable bonds is 3. The van der Waals surface area contributed by atoms with Crippen LogP contribution < -0.4 is 11.1 Å². The van der Waals surface area contributed by atoms with Crippen LogP contribution in [0.15, 0.2) is 23.7 Å². The largest absolute Gasteiger partial charge is 0.375 e. The standard InChI is InChI=1S/C6H11N3.C3H6N2/c7-2-1-4-9-5-3-8-6-9;1-2-5-3-4-1/h3,5-6H,1-2,4,7H2;3H,1-2H2,(H,4,5). The van der Waals surface area contributed by atoms with Crippen molar-refractivity contribution in [3.05, 3.63) is 18.7 Å². The summed E-state index contributed by atoms with van der Waals surface area (Å²) in [6, 6.07) is 0. The highest BCUT2D eigenvalue weighted by Crippen LogP contribution is 1.87. The summed E-state index contributed by atoms with van der Waals surface area (Å²) in [6.07, 6.45) is 8.28. The zero-order valence-corrected chi connectivity index (χ0v) is 8.26. The minimum atomic E-state index is 0.748. The third kappa shape index (κ3) is 4.61. The normalized spacial score (nSPS) is 13.2. The molecule has 2 heterocycles. The van der Waals surface area contributed by atoms with Gasteiger partial charge in [0.2, 0.25) is 0 Å². The van der Waals surface area contributed by atoms with Crippen molar-refractivity contribution >= 4 is 6.34 Å². The summed E-state index contributed by atoms with van der Waals surface area (Å²) in [7, 11) is 0. The van der Waals surface area contributed by atoms with Gasteiger partial charge in [-0.15, -0.1) is 0 Å². The smallest absolute Gasteiger partial charge is 0.0945 e. The number of nitrogens with zero attached hydrogens (tertiary/aromatic N) is 3. The maximum atomic E-state index is 5.31. The van der Waals surface area contributed by atoms with Crippen LogP contribution in [0.2, 0.25) is 0 Å². The van der Waals surface area contributed by atoms with Gasteiger partial charge in [0.25, 0.3) is 0 Å². The number of aliphatic imine (C=N–C) groups is 1. The molecule has 0 saturated heterocycles. The van der Waals surface area contributed by atoms with Crippen molar-refractivity contribution in [3.63, 3.8) is 0 Å². The van der Waals surface area contributed by atoms with Crippen molar-refractivity contribution in [2.24, 2.45) is 10.7 Å². The number of nitrogens with two attached hydrogens (primary N) is 1. The zero-order valence-electron chi connectivity index (χ0n) is 8.26. The molecule has 0 amide bonds. The topological polar surface area (TPSA) is 68.2 Å². The number of aryl methyl sites for hydroxylation is 1. The Morgan fingerprint density at radius 1 is 1.50 bits per heavy atom. The molecule has 1 aliphatic heterocycles. The summed E-state index contributed by atoms with van der Waals surface area (Å²) in [4.78, 5) is 7.74. The molecule has 0 aromatic carbocycles. The first-order chi connectivity index (χ1) is 6.93. The van der Waals surface area contributed by atoms with E-state index >= 15 is 0 Å². The van der Waals surface area contributed by atoms with Crippen LogP contribution in [0.1, 0.15) is 6.42 Å². The second-order valence-corrected chi connectivity index (χ2v) is 2.93. The third-order valence-corrected chi connectivity index (χ3v) is 1.75. The molecule has 78 valence electrons. The van der Waals surface area contributed by atoms with Gasteiger partial charge in [-0.1, -0.05) is 0 Å². The molecular weight excluding hydrogens is 178 g/mol. The monoisotopic (exact) mass is 195 g/mol. The summed E-state index contributed by atoms with van der Waals surface area (Å²) in [5.74, 6) is 0. The lowest BCUT2D eigenvalue weighted by Crippen LogP contribution is -2.04. The second kappa shape index (κ2) is 7.08. The van der Waals surface area contributed by atoms with E-state index in [1.165, 1.54) is 0 Å². The molecule has 1 aromatic heterocycles. The fourth-order valence-corrected chi connectivity index (χ4v) is 1.02. The molecule has 2 rings (SSSR count). The lowest BCUT2D eigenvalue weighted by Gasteiger charge is -1.96. The number of imidazole rings is 1. The Hall–Kier alpha value is -1.36. The minimum absolute atomic E-state index is 0.748. The van der Waals surface area contributed by atoms with Crippen molar-refractivity contribution in [2.75, 3.05) is 19.6 Å². The summed E-state index contributed by atoms with van der Waals surface area (Å²) in [5.41, 5.74) is 5.31. The lowest BCUT2D eigenvalue weighted by atomic mass is 10.4. The number of aromatic nitrogens is 2. The van der Waals surface area contributed by atoms with E-state index in [4.69, 9.17) is 5.73 Å². The van der Waals surface area contributed by atoms with Crippen LogP contribution in [0.25, 0.3) is 0 Å². The van der Waals surface area contributed by atoms with Crippen molar-refractivity contribution in [1.82, 2.24) is 14.9 Å². The molecule has 0 aliphatic carbocycles. The highest BCUT2D eigenvalue weighted by molar-refractivity contribution is 5.56. The molecule has 5 nitrogen and oxygen atoms in total. The molecule has 0 unspecified atom stereocenters. The number of hydrogen-bond acceptors (Lipinski definition) is 4. The molecule has 0 spiro atoms. The van der Waals surface area contributed by atoms with Gasteiger partial charge in [-0.25, -0.2) is 4.98 Å². The first-order valence-corrected chi connectivity index (χ1v) is 4.81. The highest BCUT2D eigenvalue weighted by Gasteiger charge is 1.85. The van der Waals surface area contributed by atoms with Crippen LogP contribution in [-0.2, 0) is 6.54 Å². The van der Waals surface area contributed by atoms with E-state index in [-0.39, 0.29) is 0 Å². The van der Waals surface area contributed by atoms with Gasteiger partial charge in [0.15, 0.2) is 0 Å². The quantitative estimate of drug-likeness (QED) is 0.704. The fourth-order valence-electron chi connectivity index (χ4n) is 1.02. The molecule has 0 fully saturated rings. The third-order valence-electron chi connectivity index (χ3n) is 1.75. The van der Waals surface area contributed by atoms with Gasteiger partial charge in [-0.2, -0.15) is 0 Å². The summed E-state index contributed by atoms with van der Waals surface area (Å²) in [6.45, 7) is 3.72. The van der Waals surface area contributed by atoms with Crippen LogP contribution in [0, 0.1) is 0 Å². The van der Waals surface area contributed by atoms with Crippen LogP contribution >= 0.6 is 0 Å². The molecule has 3 N–H and O–H groups in total. The average Bonchev–Trinajstić information content (AvgIpc) is 2.90. The summed E-state index contributed by atoms with van der Waals surface area (Å²) < 4.78 is 2.02. The van der Waals surface area contributed by atoms with Gasteiger partial charge in [-0.3, -0.25) is 4.99 Å². The Morgan fingerprint density at radius 3 is 2.86 bits per heavy atom. The van der Waals surface area contributed by atoms with Gasteiger partial charge in [0, 0.05) is 25.5 Å². The molecule has 0 atom stereocenters. The maximum absolute atomic E-state index is 5.31. The Balaban J connectivity index is 0.000000165. The summed E-state index contributed by atoms with van der Waals surface area (Å²) >= 11 is 0. The average molecular weight is 195 g/mol. The van der Waals surface area contributed by atoms with Crippen LogP contribution in [0.4, 0.5) is 0 Å². The predicted octanol–water partition coefficient (Wildman–Crippen LogP) is -0.150. The van der Waals surface area contributed by atoms with E-state index in [2.05, 4.69) is 15.3 Å². The lowest BCUT2D eigenvalue weighted by molar-refractivity contribution is 0.650. The van der Waals surface area contributed by atoms with Crippen molar-refractivity contribution in [3.8, 4) is 0 Å². The molecule has 5 heteroatoms. The predicted molar refractivity (Wildman–Crippen MR) is 57.3 cm³/mol. The Morgan fingerprint density at radius 2 is 2.43 bits per heavy atom. The molecular formula is C9H17N5. The number of nitrogens with one attached hydrogen (secondary N) is 1. The Bertz CT molecular complexity index is 236. The maximum Gasteiger partial charge on any atom is 0.0945 e. The van der Waals surface area contributed by atoms with E-state index in [0.29, 0.717) is 0 Å². The molecule has 14 heavy (non-hydrogen) atoms. The molecule has 0 bridgehead atoms. The highest BCUT2D eigenvalue weighted by atomic mass is 15.0. The van der Waals surface area contributed by atoms with Gasteiger partial charge >= 0.3 is 0 Å². The molecule has 0 saturated carbocycles. The first kappa shape index (κ1) is 10.7. The Kier molecular flexibility index (Phi) is 5.42. The van der Waals surface area contributed by atoms with Crippen LogP contribution in [0.3, 0.4) is 0 Å². The fraction of sp³-hybridized carbons (Fsp3) is 0.556. The van der Waals surface area contributed by atoms with E-state index in [1.54, 1.807) is 18.9 Å². The SMILES string of the molecule is C1=NCCN1.NCCCn1ccnc1. The van der Waals surface area contributed by atoms with Gasteiger partial charge in [-0.05, 0) is 13.0 Å².